The van der Waals surface area contributed by atoms with Crippen molar-refractivity contribution >= 4 is 5.97 Å². The maximum atomic E-state index is 11.3. The molecule has 2 rings (SSSR count). The lowest BCUT2D eigenvalue weighted by atomic mass is 9.76. The lowest BCUT2D eigenvalue weighted by Gasteiger charge is -2.47. The van der Waals surface area contributed by atoms with Gasteiger partial charge in [0.1, 0.15) is 6.04 Å². The van der Waals surface area contributed by atoms with Crippen molar-refractivity contribution in [1.29, 1.82) is 0 Å². The summed E-state index contributed by atoms with van der Waals surface area (Å²) in [6, 6.07) is 0.350. The molecule has 0 bridgehead atoms. The Morgan fingerprint density at radius 1 is 1.25 bits per heavy atom. The molecule has 2 fully saturated rings. The normalized spacial score (nSPS) is 35.7. The van der Waals surface area contributed by atoms with E-state index in [0.29, 0.717) is 6.04 Å². The van der Waals surface area contributed by atoms with Crippen LogP contribution in [0.15, 0.2) is 0 Å². The molecule has 0 aromatic carbocycles. The van der Waals surface area contributed by atoms with E-state index in [2.05, 4.69) is 11.8 Å². The third-order valence-electron chi connectivity index (χ3n) is 4.27. The van der Waals surface area contributed by atoms with E-state index in [1.807, 2.05) is 0 Å². The average molecular weight is 225 g/mol. The zero-order valence-corrected chi connectivity index (χ0v) is 10.2. The smallest absolute Gasteiger partial charge is 0.320 e. The second-order valence-electron chi connectivity index (χ2n) is 5.28. The molecule has 3 heteroatoms. The van der Waals surface area contributed by atoms with Gasteiger partial charge in [-0.25, -0.2) is 0 Å². The highest BCUT2D eigenvalue weighted by Crippen LogP contribution is 2.37. The van der Waals surface area contributed by atoms with Crippen molar-refractivity contribution in [2.45, 2.75) is 64.0 Å². The standard InChI is InChI=1S/C13H23NO2/c1-2-9-14-11-6-4-3-5-10(11)7-8-12(14)13(15)16/h10-12H,2-9H2,1H3,(H,15,16). The predicted molar refractivity (Wildman–Crippen MR) is 63.4 cm³/mol. The van der Waals surface area contributed by atoms with Crippen molar-refractivity contribution < 1.29 is 9.90 Å². The van der Waals surface area contributed by atoms with Crippen LogP contribution < -0.4 is 0 Å². The maximum absolute atomic E-state index is 11.3. The highest BCUT2D eigenvalue weighted by Gasteiger charge is 2.40. The number of rotatable bonds is 3. The number of hydrogen-bond acceptors (Lipinski definition) is 2. The van der Waals surface area contributed by atoms with Crippen molar-refractivity contribution in [2.75, 3.05) is 6.54 Å². The minimum Gasteiger partial charge on any atom is -0.480 e. The van der Waals surface area contributed by atoms with Crippen LogP contribution in [0, 0.1) is 5.92 Å². The van der Waals surface area contributed by atoms with Gasteiger partial charge in [0, 0.05) is 6.04 Å². The number of piperidine rings is 1. The van der Waals surface area contributed by atoms with Crippen LogP contribution in [0.4, 0.5) is 0 Å². The van der Waals surface area contributed by atoms with Gasteiger partial charge in [0.05, 0.1) is 0 Å². The molecule has 1 aliphatic carbocycles. The van der Waals surface area contributed by atoms with E-state index in [1.165, 1.54) is 25.7 Å². The second kappa shape index (κ2) is 5.17. The van der Waals surface area contributed by atoms with Crippen LogP contribution in [0.2, 0.25) is 0 Å². The third kappa shape index (κ3) is 2.24. The highest BCUT2D eigenvalue weighted by molar-refractivity contribution is 5.73. The van der Waals surface area contributed by atoms with Crippen LogP contribution in [0.1, 0.15) is 51.9 Å². The molecular weight excluding hydrogens is 202 g/mol. The number of likely N-dealkylation sites (tertiary alicyclic amines) is 1. The predicted octanol–water partition coefficient (Wildman–Crippen LogP) is 2.50. The van der Waals surface area contributed by atoms with Gasteiger partial charge in [0.25, 0.3) is 0 Å². The summed E-state index contributed by atoms with van der Waals surface area (Å²) in [4.78, 5) is 13.6. The number of carboxylic acid groups (broad SMARTS) is 1. The quantitative estimate of drug-likeness (QED) is 0.802. The molecule has 16 heavy (non-hydrogen) atoms. The largest absolute Gasteiger partial charge is 0.480 e. The Morgan fingerprint density at radius 2 is 2.00 bits per heavy atom. The summed E-state index contributed by atoms with van der Waals surface area (Å²) in [6.07, 6.45) is 8.21. The molecule has 0 radical (unpaired) electrons. The van der Waals surface area contributed by atoms with E-state index >= 15 is 0 Å². The van der Waals surface area contributed by atoms with E-state index in [-0.39, 0.29) is 6.04 Å². The number of aliphatic carboxylic acids is 1. The first-order valence-electron chi connectivity index (χ1n) is 6.72. The SMILES string of the molecule is CCCN1C(C(=O)O)CCC2CCCCC21. The Labute approximate surface area is 97.8 Å². The zero-order chi connectivity index (χ0) is 11.5. The van der Waals surface area contributed by atoms with Gasteiger partial charge in [-0.3, -0.25) is 9.69 Å². The molecule has 0 aromatic heterocycles. The summed E-state index contributed by atoms with van der Waals surface area (Å²) in [6.45, 7) is 3.10. The van der Waals surface area contributed by atoms with Crippen LogP contribution >= 0.6 is 0 Å². The molecule has 1 saturated carbocycles. The van der Waals surface area contributed by atoms with Crippen LogP contribution in [0.5, 0.6) is 0 Å². The van der Waals surface area contributed by atoms with E-state index in [1.54, 1.807) is 0 Å². The van der Waals surface area contributed by atoms with Gasteiger partial charge in [-0.1, -0.05) is 19.8 Å². The third-order valence-corrected chi connectivity index (χ3v) is 4.27. The fraction of sp³-hybridized carbons (Fsp3) is 0.923. The van der Waals surface area contributed by atoms with E-state index in [4.69, 9.17) is 0 Å². The summed E-state index contributed by atoms with van der Waals surface area (Å²) in [5, 5.41) is 9.28. The zero-order valence-electron chi connectivity index (χ0n) is 10.2. The van der Waals surface area contributed by atoms with Crippen molar-refractivity contribution in [1.82, 2.24) is 4.90 Å². The molecule has 1 aliphatic heterocycles. The van der Waals surface area contributed by atoms with Crippen molar-refractivity contribution in [3.63, 3.8) is 0 Å². The minimum atomic E-state index is -0.613. The molecule has 3 atom stereocenters. The van der Waals surface area contributed by atoms with Crippen molar-refractivity contribution in [3.8, 4) is 0 Å². The Balaban J connectivity index is 2.10. The summed E-state index contributed by atoms with van der Waals surface area (Å²) in [7, 11) is 0. The molecule has 3 unspecified atom stereocenters. The molecular formula is C13H23NO2. The first-order valence-corrected chi connectivity index (χ1v) is 6.72. The van der Waals surface area contributed by atoms with Crippen molar-refractivity contribution in [3.05, 3.63) is 0 Å². The first kappa shape index (κ1) is 11.9. The number of hydrogen-bond donors (Lipinski definition) is 1. The van der Waals surface area contributed by atoms with Gasteiger partial charge < -0.3 is 5.11 Å². The summed E-state index contributed by atoms with van der Waals surface area (Å²) in [5.74, 6) is 0.161. The number of nitrogens with zero attached hydrogens (tertiary/aromatic N) is 1. The molecule has 1 N–H and O–H groups in total. The van der Waals surface area contributed by atoms with E-state index in [9.17, 15) is 9.90 Å². The van der Waals surface area contributed by atoms with Gasteiger partial charge in [0.2, 0.25) is 0 Å². The van der Waals surface area contributed by atoms with Gasteiger partial charge in [-0.05, 0) is 44.6 Å². The maximum Gasteiger partial charge on any atom is 0.320 e. The fourth-order valence-electron chi connectivity index (χ4n) is 3.58. The molecule has 92 valence electrons. The summed E-state index contributed by atoms with van der Waals surface area (Å²) >= 11 is 0. The molecule has 0 amide bonds. The van der Waals surface area contributed by atoms with Gasteiger partial charge in [-0.2, -0.15) is 0 Å². The minimum absolute atomic E-state index is 0.209. The molecule has 3 nitrogen and oxygen atoms in total. The molecule has 0 spiro atoms. The molecule has 1 saturated heterocycles. The lowest BCUT2D eigenvalue weighted by Crippen LogP contribution is -2.55. The number of fused-ring (bicyclic) bond motifs is 1. The van der Waals surface area contributed by atoms with Crippen LogP contribution in [-0.4, -0.2) is 34.6 Å². The Hall–Kier alpha value is -0.570. The van der Waals surface area contributed by atoms with E-state index in [0.717, 1.165) is 31.7 Å². The van der Waals surface area contributed by atoms with Gasteiger partial charge >= 0.3 is 5.97 Å². The van der Waals surface area contributed by atoms with Gasteiger partial charge in [0.15, 0.2) is 0 Å². The average Bonchev–Trinajstić information content (AvgIpc) is 2.29. The summed E-state index contributed by atoms with van der Waals surface area (Å²) in [5.41, 5.74) is 0. The Bertz CT molecular complexity index is 254. The molecule has 1 heterocycles. The molecule has 0 aromatic rings. The van der Waals surface area contributed by atoms with Gasteiger partial charge in [-0.15, -0.1) is 0 Å². The highest BCUT2D eigenvalue weighted by atomic mass is 16.4. The number of carbonyl (C=O) groups is 1. The van der Waals surface area contributed by atoms with Crippen LogP contribution in [0.3, 0.4) is 0 Å². The fourth-order valence-corrected chi connectivity index (χ4v) is 3.58. The Morgan fingerprint density at radius 3 is 2.69 bits per heavy atom. The second-order valence-corrected chi connectivity index (χ2v) is 5.28. The number of carboxylic acids is 1. The van der Waals surface area contributed by atoms with Crippen LogP contribution in [0.25, 0.3) is 0 Å². The monoisotopic (exact) mass is 225 g/mol. The van der Waals surface area contributed by atoms with Crippen molar-refractivity contribution in [2.24, 2.45) is 5.92 Å². The summed E-state index contributed by atoms with van der Waals surface area (Å²) < 4.78 is 0. The first-order chi connectivity index (χ1) is 7.74. The van der Waals surface area contributed by atoms with Crippen LogP contribution in [-0.2, 0) is 4.79 Å². The van der Waals surface area contributed by atoms with E-state index < -0.39 is 5.97 Å². The Kier molecular flexibility index (Phi) is 3.85. The lowest BCUT2D eigenvalue weighted by molar-refractivity contribution is -0.148. The topological polar surface area (TPSA) is 40.5 Å². The molecule has 2 aliphatic rings.